The van der Waals surface area contributed by atoms with E-state index in [4.69, 9.17) is 16.3 Å². The fourth-order valence-electron chi connectivity index (χ4n) is 2.04. The normalized spacial score (nSPS) is 12.2. The van der Waals surface area contributed by atoms with Gasteiger partial charge in [-0.25, -0.2) is 17.9 Å². The third-order valence-corrected chi connectivity index (χ3v) is 5.25. The highest BCUT2D eigenvalue weighted by atomic mass is 35.5. The first-order valence-corrected chi connectivity index (χ1v) is 9.43. The number of esters is 1. The number of halogens is 1. The van der Waals surface area contributed by atoms with Gasteiger partial charge in [0.05, 0.1) is 17.1 Å². The molecule has 0 saturated carbocycles. The molecule has 7 nitrogen and oxygen atoms in total. The molecule has 25 heavy (non-hydrogen) atoms. The molecule has 2 rings (SSSR count). The van der Waals surface area contributed by atoms with Crippen molar-refractivity contribution in [1.29, 1.82) is 0 Å². The number of ether oxygens (including phenoxy) is 1. The summed E-state index contributed by atoms with van der Waals surface area (Å²) in [5.41, 5.74) is -0.568. The third-order valence-electron chi connectivity index (χ3n) is 3.01. The van der Waals surface area contributed by atoms with Gasteiger partial charge >= 0.3 is 5.97 Å². The predicted octanol–water partition coefficient (Wildman–Crippen LogP) is 2.47. The van der Waals surface area contributed by atoms with Crippen LogP contribution in [0.2, 0.25) is 5.02 Å². The molecule has 0 amide bonds. The molecule has 2 aromatic rings. The van der Waals surface area contributed by atoms with Crippen molar-refractivity contribution in [1.82, 2.24) is 14.5 Å². The highest BCUT2D eigenvalue weighted by Crippen LogP contribution is 2.24. The summed E-state index contributed by atoms with van der Waals surface area (Å²) >= 11 is 6.00. The number of rotatable bonds is 6. The molecule has 0 spiro atoms. The minimum absolute atomic E-state index is 0.0323. The summed E-state index contributed by atoms with van der Waals surface area (Å²) in [6.07, 6.45) is 3.37. The van der Waals surface area contributed by atoms with Gasteiger partial charge in [-0.1, -0.05) is 11.6 Å². The highest BCUT2D eigenvalue weighted by molar-refractivity contribution is 7.89. The Morgan fingerprint density at radius 2 is 2.08 bits per heavy atom. The van der Waals surface area contributed by atoms with E-state index in [0.29, 0.717) is 6.54 Å². The van der Waals surface area contributed by atoms with Gasteiger partial charge in [-0.2, -0.15) is 5.10 Å². The van der Waals surface area contributed by atoms with Gasteiger partial charge in [0, 0.05) is 17.9 Å². The first kappa shape index (κ1) is 19.4. The van der Waals surface area contributed by atoms with Gasteiger partial charge in [-0.15, -0.1) is 0 Å². The number of aromatic nitrogens is 2. The largest absolute Gasteiger partial charge is 0.460 e. The average Bonchev–Trinajstić information content (AvgIpc) is 2.98. The van der Waals surface area contributed by atoms with Crippen molar-refractivity contribution in [3.8, 4) is 0 Å². The summed E-state index contributed by atoms with van der Waals surface area (Å²) in [7, 11) is -3.86. The molecule has 0 aliphatic rings. The van der Waals surface area contributed by atoms with E-state index in [-0.39, 0.29) is 22.1 Å². The Labute approximate surface area is 152 Å². The second-order valence-electron chi connectivity index (χ2n) is 6.41. The smallest absolute Gasteiger partial charge is 0.338 e. The molecule has 136 valence electrons. The van der Waals surface area contributed by atoms with E-state index < -0.39 is 21.5 Å². The number of hydrogen-bond donors (Lipinski definition) is 1. The van der Waals surface area contributed by atoms with Crippen LogP contribution in [0.25, 0.3) is 0 Å². The first-order chi connectivity index (χ1) is 11.6. The molecule has 0 fully saturated rings. The van der Waals surface area contributed by atoms with E-state index in [2.05, 4.69) is 9.82 Å². The zero-order valence-electron chi connectivity index (χ0n) is 14.2. The minimum atomic E-state index is -3.86. The SMILES string of the molecule is CC(C)(C)NS(=O)(=O)c1cc(C(=O)OCCn2cccn2)ccc1Cl. The zero-order valence-corrected chi connectivity index (χ0v) is 15.8. The molecule has 0 saturated heterocycles. The van der Waals surface area contributed by atoms with Crippen molar-refractivity contribution < 1.29 is 17.9 Å². The van der Waals surface area contributed by atoms with Crippen LogP contribution in [0.1, 0.15) is 31.1 Å². The maximum Gasteiger partial charge on any atom is 0.338 e. The number of sulfonamides is 1. The number of hydrogen-bond acceptors (Lipinski definition) is 5. The number of nitrogens with zero attached hydrogens (tertiary/aromatic N) is 2. The molecule has 1 aromatic heterocycles. The van der Waals surface area contributed by atoms with Gasteiger partial charge in [0.1, 0.15) is 11.5 Å². The van der Waals surface area contributed by atoms with Crippen LogP contribution in [0.3, 0.4) is 0 Å². The van der Waals surface area contributed by atoms with Crippen LogP contribution in [-0.4, -0.2) is 36.3 Å². The Bertz CT molecular complexity index is 843. The molecule has 0 radical (unpaired) electrons. The molecule has 1 N–H and O–H groups in total. The lowest BCUT2D eigenvalue weighted by atomic mass is 10.1. The summed E-state index contributed by atoms with van der Waals surface area (Å²) in [5, 5.41) is 4.03. The number of benzene rings is 1. The summed E-state index contributed by atoms with van der Waals surface area (Å²) in [6.45, 7) is 5.66. The van der Waals surface area contributed by atoms with Gasteiger partial charge in [0.25, 0.3) is 0 Å². The maximum atomic E-state index is 12.5. The summed E-state index contributed by atoms with van der Waals surface area (Å²) in [4.78, 5) is 12.0. The lowest BCUT2D eigenvalue weighted by molar-refractivity contribution is 0.0487. The topological polar surface area (TPSA) is 90.3 Å². The Morgan fingerprint density at radius 1 is 1.36 bits per heavy atom. The van der Waals surface area contributed by atoms with Crippen LogP contribution in [0.4, 0.5) is 0 Å². The van der Waals surface area contributed by atoms with E-state index in [0.717, 1.165) is 0 Å². The van der Waals surface area contributed by atoms with Gasteiger partial charge in [-0.3, -0.25) is 4.68 Å². The average molecular weight is 386 g/mol. The van der Waals surface area contributed by atoms with Crippen LogP contribution in [0.5, 0.6) is 0 Å². The van der Waals surface area contributed by atoms with E-state index in [1.165, 1.54) is 18.2 Å². The van der Waals surface area contributed by atoms with Gasteiger partial charge in [0.15, 0.2) is 0 Å². The third kappa shape index (κ3) is 5.55. The van der Waals surface area contributed by atoms with Gasteiger partial charge in [-0.05, 0) is 45.0 Å². The Balaban J connectivity index is 2.13. The van der Waals surface area contributed by atoms with E-state index in [1.54, 1.807) is 43.9 Å². The summed E-state index contributed by atoms with van der Waals surface area (Å²) in [6, 6.07) is 5.77. The van der Waals surface area contributed by atoms with E-state index in [1.807, 2.05) is 0 Å². The van der Waals surface area contributed by atoms with Crippen LogP contribution in [0, 0.1) is 0 Å². The molecule has 1 aromatic carbocycles. The standard InChI is InChI=1S/C16H20ClN3O4S/c1-16(2,3)19-25(22,23)14-11-12(5-6-13(14)17)15(21)24-10-9-20-8-4-7-18-20/h4-8,11,19H,9-10H2,1-3H3. The molecule has 0 aliphatic carbocycles. The van der Waals surface area contributed by atoms with Crippen LogP contribution in [0.15, 0.2) is 41.6 Å². The maximum absolute atomic E-state index is 12.5. The Hall–Kier alpha value is -1.90. The van der Waals surface area contributed by atoms with E-state index >= 15 is 0 Å². The van der Waals surface area contributed by atoms with Gasteiger partial charge in [0.2, 0.25) is 10.0 Å². The Kier molecular flexibility index (Phi) is 5.87. The molecule has 0 atom stereocenters. The van der Waals surface area contributed by atoms with E-state index in [9.17, 15) is 13.2 Å². The zero-order chi connectivity index (χ0) is 18.7. The molecule has 0 unspecified atom stereocenters. The molecular formula is C16H20ClN3O4S. The molecule has 0 bridgehead atoms. The van der Waals surface area contributed by atoms with Crippen molar-refractivity contribution in [2.24, 2.45) is 0 Å². The van der Waals surface area contributed by atoms with Crippen LogP contribution >= 0.6 is 11.6 Å². The minimum Gasteiger partial charge on any atom is -0.460 e. The fourth-order valence-corrected chi connectivity index (χ4v) is 3.99. The summed E-state index contributed by atoms with van der Waals surface area (Å²) < 4.78 is 34.2. The van der Waals surface area contributed by atoms with Crippen molar-refractivity contribution in [2.75, 3.05) is 6.61 Å². The number of carbonyl (C=O) groups excluding carboxylic acids is 1. The van der Waals surface area contributed by atoms with Crippen molar-refractivity contribution in [3.05, 3.63) is 47.2 Å². The molecule has 1 heterocycles. The monoisotopic (exact) mass is 385 g/mol. The molecular weight excluding hydrogens is 366 g/mol. The predicted molar refractivity (Wildman–Crippen MR) is 94.0 cm³/mol. The van der Waals surface area contributed by atoms with Crippen LogP contribution < -0.4 is 4.72 Å². The second kappa shape index (κ2) is 7.55. The number of carbonyl (C=O) groups is 1. The highest BCUT2D eigenvalue weighted by Gasteiger charge is 2.25. The second-order valence-corrected chi connectivity index (χ2v) is 8.46. The van der Waals surface area contributed by atoms with Crippen molar-refractivity contribution in [2.45, 2.75) is 37.8 Å². The van der Waals surface area contributed by atoms with Gasteiger partial charge < -0.3 is 4.74 Å². The van der Waals surface area contributed by atoms with Crippen LogP contribution in [-0.2, 0) is 21.3 Å². The number of nitrogens with one attached hydrogen (secondary N) is 1. The lowest BCUT2D eigenvalue weighted by Crippen LogP contribution is -2.40. The quantitative estimate of drug-likeness (QED) is 0.771. The first-order valence-electron chi connectivity index (χ1n) is 7.56. The molecule has 9 heteroatoms. The van der Waals surface area contributed by atoms with Crippen molar-refractivity contribution in [3.63, 3.8) is 0 Å². The lowest BCUT2D eigenvalue weighted by Gasteiger charge is -2.21. The summed E-state index contributed by atoms with van der Waals surface area (Å²) in [5.74, 6) is -0.629. The Morgan fingerprint density at radius 3 is 2.68 bits per heavy atom. The van der Waals surface area contributed by atoms with Crippen molar-refractivity contribution >= 4 is 27.6 Å². The molecule has 0 aliphatic heterocycles. The fraction of sp³-hybridized carbons (Fsp3) is 0.375.